The predicted molar refractivity (Wildman–Crippen MR) is 140 cm³/mol. The van der Waals surface area contributed by atoms with E-state index in [2.05, 4.69) is 82.2 Å². The van der Waals surface area contributed by atoms with E-state index in [1.807, 2.05) is 6.08 Å². The van der Waals surface area contributed by atoms with Crippen molar-refractivity contribution in [1.29, 1.82) is 0 Å². The second-order valence-corrected chi connectivity index (χ2v) is 9.73. The summed E-state index contributed by atoms with van der Waals surface area (Å²) in [6.45, 7) is 22.4. The number of carboxylic acids is 1. The van der Waals surface area contributed by atoms with Crippen molar-refractivity contribution >= 4 is 5.97 Å². The van der Waals surface area contributed by atoms with Crippen LogP contribution in [-0.2, 0) is 9.53 Å². The third kappa shape index (κ3) is 9.23. The zero-order chi connectivity index (χ0) is 24.9. The summed E-state index contributed by atoms with van der Waals surface area (Å²) >= 11 is 0. The number of carboxylic acid groups (broad SMARTS) is 1. The van der Waals surface area contributed by atoms with Gasteiger partial charge in [-0.05, 0) is 56.1 Å². The van der Waals surface area contributed by atoms with Crippen molar-refractivity contribution in [3.05, 3.63) is 48.1 Å². The Kier molecular flexibility index (Phi) is 12.9. The molecule has 0 aromatic heterocycles. The maximum absolute atomic E-state index is 10.4. The van der Waals surface area contributed by atoms with Gasteiger partial charge in [0.25, 0.3) is 0 Å². The summed E-state index contributed by atoms with van der Waals surface area (Å²) in [6.07, 6.45) is 15.7. The smallest absolute Gasteiger partial charge is 0.329 e. The lowest BCUT2D eigenvalue weighted by Crippen LogP contribution is -2.56. The van der Waals surface area contributed by atoms with Gasteiger partial charge in [0, 0.05) is 38.3 Å². The molecule has 1 aliphatic carbocycles. The van der Waals surface area contributed by atoms with Crippen molar-refractivity contribution in [1.82, 2.24) is 9.80 Å². The Morgan fingerprint density at radius 2 is 1.82 bits per heavy atom. The number of rotatable bonds is 11. The molecule has 2 aliphatic rings. The number of carbonyl (C=O) groups is 1. The Hall–Kier alpha value is -1.69. The minimum Gasteiger partial charge on any atom is -0.480 e. The van der Waals surface area contributed by atoms with Crippen LogP contribution in [0.1, 0.15) is 67.2 Å². The lowest BCUT2D eigenvalue weighted by Gasteiger charge is -2.47. The third-order valence-corrected chi connectivity index (χ3v) is 7.35. The molecule has 1 fully saturated rings. The zero-order valence-corrected chi connectivity index (χ0v) is 22.0. The van der Waals surface area contributed by atoms with Crippen molar-refractivity contribution < 1.29 is 14.6 Å². The Labute approximate surface area is 202 Å². The Balaban J connectivity index is 0.000000461. The van der Waals surface area contributed by atoms with Gasteiger partial charge < -0.3 is 9.84 Å². The summed E-state index contributed by atoms with van der Waals surface area (Å²) < 4.78 is 5.14. The first-order valence-corrected chi connectivity index (χ1v) is 12.6. The second-order valence-electron chi connectivity index (χ2n) is 9.73. The lowest BCUT2D eigenvalue weighted by atomic mass is 9.82. The molecule has 1 heterocycles. The van der Waals surface area contributed by atoms with Crippen molar-refractivity contribution in [3.63, 3.8) is 0 Å². The fourth-order valence-corrected chi connectivity index (χ4v) is 4.43. The van der Waals surface area contributed by atoms with Crippen LogP contribution in [0, 0.1) is 5.41 Å². The molecule has 188 valence electrons. The van der Waals surface area contributed by atoms with E-state index >= 15 is 0 Å². The molecule has 5 nitrogen and oxygen atoms in total. The number of hydrogen-bond donors (Lipinski definition) is 1. The lowest BCUT2D eigenvalue weighted by molar-refractivity contribution is -0.142. The second kappa shape index (κ2) is 14.5. The van der Waals surface area contributed by atoms with Gasteiger partial charge in [-0.25, -0.2) is 4.79 Å². The van der Waals surface area contributed by atoms with E-state index in [9.17, 15) is 4.79 Å². The van der Waals surface area contributed by atoms with Crippen LogP contribution < -0.4 is 0 Å². The number of hydrogen-bond acceptors (Lipinski definition) is 4. The maximum Gasteiger partial charge on any atom is 0.329 e. The average molecular weight is 461 g/mol. The van der Waals surface area contributed by atoms with Crippen molar-refractivity contribution in [3.8, 4) is 0 Å². The van der Waals surface area contributed by atoms with Crippen LogP contribution in [-0.4, -0.2) is 72.4 Å². The highest BCUT2D eigenvalue weighted by atomic mass is 16.5. The monoisotopic (exact) mass is 460 g/mol. The van der Waals surface area contributed by atoms with Gasteiger partial charge in [-0.2, -0.15) is 0 Å². The topological polar surface area (TPSA) is 53.0 Å². The first kappa shape index (κ1) is 29.3. The van der Waals surface area contributed by atoms with Gasteiger partial charge in [-0.1, -0.05) is 64.7 Å². The van der Waals surface area contributed by atoms with Crippen LogP contribution in [0.25, 0.3) is 0 Å². The van der Waals surface area contributed by atoms with E-state index in [4.69, 9.17) is 9.84 Å². The molecule has 1 saturated heterocycles. The first-order valence-electron chi connectivity index (χ1n) is 12.6. The molecule has 33 heavy (non-hydrogen) atoms. The molecule has 1 unspecified atom stereocenters. The van der Waals surface area contributed by atoms with Gasteiger partial charge in [-0.15, -0.1) is 0 Å². The summed E-state index contributed by atoms with van der Waals surface area (Å²) in [5, 5.41) is 8.57. The van der Waals surface area contributed by atoms with Gasteiger partial charge in [0.2, 0.25) is 0 Å². The number of piperazine rings is 1. The standard InChI is InChI=1S/C18H30N2O3.C10H18/c1-3-18(2,16-7-5-4-6-8-16)20-11-9-19(10-12-20)13-14-23-15-17(21)22;1-6-9(7-2)10(4,5)8-3/h5,7-8H,3-4,6,9-15H2,1-2H3,(H,21,22);6-7H,1,8H2,2-5H3/b;9-7+. The SMILES string of the molecule is C=C/C(=C\C)C(C)(C)CC.CCC(C)(C1=CCCC=C1)N1CCN(CCOCC(=O)O)CC1. The number of ether oxygens (including phenoxy) is 1. The highest BCUT2D eigenvalue weighted by molar-refractivity contribution is 5.67. The van der Waals surface area contributed by atoms with Gasteiger partial charge >= 0.3 is 5.97 Å². The molecule has 0 aromatic carbocycles. The molecule has 2 rings (SSSR count). The minimum absolute atomic E-state index is 0.128. The predicted octanol–water partition coefficient (Wildman–Crippen LogP) is 5.71. The first-order chi connectivity index (χ1) is 15.6. The summed E-state index contributed by atoms with van der Waals surface area (Å²) in [4.78, 5) is 15.4. The van der Waals surface area contributed by atoms with Crippen LogP contribution >= 0.6 is 0 Å². The number of allylic oxidation sites excluding steroid dienone is 5. The summed E-state index contributed by atoms with van der Waals surface area (Å²) in [7, 11) is 0. The maximum atomic E-state index is 10.4. The van der Waals surface area contributed by atoms with E-state index < -0.39 is 5.97 Å². The molecular formula is C28H48N2O3. The van der Waals surface area contributed by atoms with Crippen LogP contribution in [0.4, 0.5) is 0 Å². The van der Waals surface area contributed by atoms with Crippen molar-refractivity contribution in [2.24, 2.45) is 5.41 Å². The molecule has 1 aliphatic heterocycles. The molecule has 1 atom stereocenters. The van der Waals surface area contributed by atoms with E-state index in [0.29, 0.717) is 12.0 Å². The van der Waals surface area contributed by atoms with Crippen LogP contribution in [0.3, 0.4) is 0 Å². The van der Waals surface area contributed by atoms with E-state index in [1.54, 1.807) is 0 Å². The summed E-state index contributed by atoms with van der Waals surface area (Å²) in [5.74, 6) is -0.901. The normalized spacial score (nSPS) is 19.8. The zero-order valence-electron chi connectivity index (χ0n) is 22.0. The fraction of sp³-hybridized carbons (Fsp3) is 0.679. The Morgan fingerprint density at radius 3 is 2.24 bits per heavy atom. The molecule has 5 heteroatoms. The van der Waals surface area contributed by atoms with Gasteiger partial charge in [0.1, 0.15) is 6.61 Å². The van der Waals surface area contributed by atoms with Gasteiger partial charge in [0.15, 0.2) is 0 Å². The Morgan fingerprint density at radius 1 is 1.15 bits per heavy atom. The molecule has 0 amide bonds. The minimum atomic E-state index is -0.901. The quantitative estimate of drug-likeness (QED) is 0.316. The van der Waals surface area contributed by atoms with Crippen molar-refractivity contribution in [2.75, 3.05) is 45.9 Å². The van der Waals surface area contributed by atoms with E-state index in [1.165, 1.54) is 17.6 Å². The fourth-order valence-electron chi connectivity index (χ4n) is 4.43. The molecular weight excluding hydrogens is 412 g/mol. The molecule has 1 N–H and O–H groups in total. The molecule has 0 bridgehead atoms. The summed E-state index contributed by atoms with van der Waals surface area (Å²) in [5.41, 5.74) is 3.23. The highest BCUT2D eigenvalue weighted by Gasteiger charge is 2.35. The number of aliphatic carboxylic acids is 1. The van der Waals surface area contributed by atoms with Gasteiger partial charge in [0.05, 0.1) is 6.61 Å². The third-order valence-electron chi connectivity index (χ3n) is 7.35. The van der Waals surface area contributed by atoms with Gasteiger partial charge in [-0.3, -0.25) is 9.80 Å². The molecule has 0 saturated carbocycles. The van der Waals surface area contributed by atoms with Crippen LogP contribution in [0.15, 0.2) is 48.1 Å². The Bertz CT molecular complexity index is 700. The van der Waals surface area contributed by atoms with E-state index in [0.717, 1.165) is 52.0 Å². The van der Waals surface area contributed by atoms with Crippen LogP contribution in [0.5, 0.6) is 0 Å². The number of nitrogens with zero attached hydrogens (tertiary/aromatic N) is 2. The molecule has 0 spiro atoms. The van der Waals surface area contributed by atoms with Crippen LogP contribution in [0.2, 0.25) is 0 Å². The average Bonchev–Trinajstić information content (AvgIpc) is 2.83. The summed E-state index contributed by atoms with van der Waals surface area (Å²) in [6, 6.07) is 0. The largest absolute Gasteiger partial charge is 0.480 e. The molecule has 0 radical (unpaired) electrons. The van der Waals surface area contributed by atoms with E-state index in [-0.39, 0.29) is 12.1 Å². The molecule has 0 aromatic rings. The highest BCUT2D eigenvalue weighted by Crippen LogP contribution is 2.32. The van der Waals surface area contributed by atoms with Crippen molar-refractivity contribution in [2.45, 2.75) is 72.8 Å².